The lowest BCUT2D eigenvalue weighted by Gasteiger charge is -2.36. The third-order valence-corrected chi connectivity index (χ3v) is 18.6. The SMILES string of the molecule is CC/C(=C(/c1ccc(OCC(O)=C2C=CC=C2)cc1)c1ccc(O[Si](C)(C)C(C)(C)C)cc1)c1ccc(O[Si](C)(C)C(C)(C)C)cc1. The van der Waals surface area contributed by atoms with E-state index in [1.807, 2.05) is 36.4 Å². The van der Waals surface area contributed by atoms with Crippen LogP contribution in [0.4, 0.5) is 0 Å². The van der Waals surface area contributed by atoms with Crippen LogP contribution in [0.3, 0.4) is 0 Å². The van der Waals surface area contributed by atoms with Crippen LogP contribution >= 0.6 is 0 Å². The van der Waals surface area contributed by atoms with Crippen molar-refractivity contribution in [3.05, 3.63) is 125 Å². The van der Waals surface area contributed by atoms with Crippen molar-refractivity contribution >= 4 is 27.8 Å². The average Bonchev–Trinajstić information content (AvgIpc) is 3.54. The van der Waals surface area contributed by atoms with Crippen molar-refractivity contribution in [3.63, 3.8) is 0 Å². The van der Waals surface area contributed by atoms with Gasteiger partial charge in [-0.1, -0.05) is 109 Å². The Labute approximate surface area is 285 Å². The van der Waals surface area contributed by atoms with Crippen molar-refractivity contribution in [3.8, 4) is 17.2 Å². The van der Waals surface area contributed by atoms with E-state index in [4.69, 9.17) is 13.6 Å². The molecule has 0 fully saturated rings. The van der Waals surface area contributed by atoms with E-state index in [2.05, 4.69) is 135 Å². The monoisotopic (exact) mass is 666 g/mol. The molecule has 0 amide bonds. The largest absolute Gasteiger partial charge is 0.544 e. The Kier molecular flexibility index (Phi) is 10.9. The van der Waals surface area contributed by atoms with Crippen LogP contribution in [0, 0.1) is 0 Å². The molecule has 0 aromatic heterocycles. The van der Waals surface area contributed by atoms with Crippen molar-refractivity contribution in [1.29, 1.82) is 0 Å². The smallest absolute Gasteiger partial charge is 0.250 e. The van der Waals surface area contributed by atoms with E-state index in [-0.39, 0.29) is 22.4 Å². The first-order chi connectivity index (χ1) is 21.9. The van der Waals surface area contributed by atoms with Gasteiger partial charge in [0.25, 0.3) is 0 Å². The molecule has 1 aliphatic carbocycles. The minimum absolute atomic E-state index is 0.116. The highest BCUT2D eigenvalue weighted by Crippen LogP contribution is 2.41. The molecule has 0 saturated carbocycles. The second-order valence-electron chi connectivity index (χ2n) is 15.4. The van der Waals surface area contributed by atoms with E-state index in [1.165, 1.54) is 16.7 Å². The summed E-state index contributed by atoms with van der Waals surface area (Å²) in [5.41, 5.74) is 6.59. The van der Waals surface area contributed by atoms with Gasteiger partial charge in [0.2, 0.25) is 16.6 Å². The van der Waals surface area contributed by atoms with Crippen LogP contribution < -0.4 is 13.6 Å². The van der Waals surface area contributed by atoms with Gasteiger partial charge in [-0.2, -0.15) is 0 Å². The van der Waals surface area contributed by atoms with E-state index < -0.39 is 16.6 Å². The van der Waals surface area contributed by atoms with Gasteiger partial charge in [0.05, 0.1) is 0 Å². The molecule has 4 rings (SSSR count). The third-order valence-electron chi connectivity index (χ3n) is 9.87. The van der Waals surface area contributed by atoms with Crippen LogP contribution in [0.15, 0.2) is 108 Å². The Morgan fingerprint density at radius 1 is 0.596 bits per heavy atom. The van der Waals surface area contributed by atoms with Crippen LogP contribution in [0.2, 0.25) is 36.3 Å². The number of hydrogen-bond acceptors (Lipinski definition) is 4. The summed E-state index contributed by atoms with van der Waals surface area (Å²) in [7, 11) is -3.91. The Balaban J connectivity index is 1.72. The normalized spacial score (nSPS) is 14.2. The quantitative estimate of drug-likeness (QED) is 0.126. The van der Waals surface area contributed by atoms with E-state index in [1.54, 1.807) is 0 Å². The second-order valence-corrected chi connectivity index (χ2v) is 24.9. The number of ether oxygens (including phenoxy) is 1. The van der Waals surface area contributed by atoms with Gasteiger partial charge in [-0.05, 0) is 107 Å². The van der Waals surface area contributed by atoms with Gasteiger partial charge in [0, 0.05) is 5.57 Å². The highest BCUT2D eigenvalue weighted by Gasteiger charge is 2.39. The molecular formula is C41H54O4Si2. The van der Waals surface area contributed by atoms with Gasteiger partial charge in [0.15, 0.2) is 0 Å². The Hall–Kier alpha value is -3.75. The summed E-state index contributed by atoms with van der Waals surface area (Å²) in [6.07, 6.45) is 8.40. The standard InChI is InChI=1S/C41H54O4Si2/c1-12-37(30-17-25-35(26-18-30)44-46(8,9)40(2,3)4)39(33-21-27-36(28-22-33)45-47(10,11)41(5,6)7)32-19-23-34(24-20-32)43-29-38(42)31-15-13-14-16-31/h13-28,42H,12,29H2,1-11H3/b39-37+. The topological polar surface area (TPSA) is 47.9 Å². The van der Waals surface area contributed by atoms with Crippen molar-refractivity contribution in [2.45, 2.75) is 91.2 Å². The van der Waals surface area contributed by atoms with Gasteiger partial charge in [0.1, 0.15) is 29.6 Å². The zero-order valence-electron chi connectivity index (χ0n) is 30.3. The third kappa shape index (κ3) is 8.79. The molecule has 4 nitrogen and oxygen atoms in total. The summed E-state index contributed by atoms with van der Waals surface area (Å²) in [6.45, 7) is 25.0. The number of allylic oxidation sites excluding steroid dienone is 6. The molecule has 0 heterocycles. The lowest BCUT2D eigenvalue weighted by Crippen LogP contribution is -2.43. The average molecular weight is 667 g/mol. The number of rotatable bonds is 11. The molecule has 0 radical (unpaired) electrons. The molecule has 250 valence electrons. The molecule has 3 aromatic rings. The zero-order valence-corrected chi connectivity index (χ0v) is 32.3. The number of aliphatic hydroxyl groups excluding tert-OH is 1. The predicted octanol–water partition coefficient (Wildman–Crippen LogP) is 12.1. The summed E-state index contributed by atoms with van der Waals surface area (Å²) in [5.74, 6) is 2.76. The second kappa shape index (κ2) is 14.2. The van der Waals surface area contributed by atoms with Gasteiger partial charge in [-0.3, -0.25) is 0 Å². The van der Waals surface area contributed by atoms with Crippen LogP contribution in [-0.2, 0) is 0 Å². The van der Waals surface area contributed by atoms with Crippen LogP contribution in [0.25, 0.3) is 11.1 Å². The summed E-state index contributed by atoms with van der Waals surface area (Å²) in [6, 6.07) is 25.4. The number of benzene rings is 3. The highest BCUT2D eigenvalue weighted by molar-refractivity contribution is 6.75. The maximum atomic E-state index is 10.4. The molecule has 1 N–H and O–H groups in total. The molecule has 0 spiro atoms. The minimum atomic E-state index is -1.96. The minimum Gasteiger partial charge on any atom is -0.544 e. The van der Waals surface area contributed by atoms with Crippen molar-refractivity contribution in [2.24, 2.45) is 0 Å². The Morgan fingerprint density at radius 3 is 1.36 bits per heavy atom. The molecule has 1 aliphatic rings. The summed E-state index contributed by atoms with van der Waals surface area (Å²) in [4.78, 5) is 0. The van der Waals surface area contributed by atoms with E-state index in [0.29, 0.717) is 5.75 Å². The highest BCUT2D eigenvalue weighted by atomic mass is 28.4. The lowest BCUT2D eigenvalue weighted by atomic mass is 9.88. The first-order valence-electron chi connectivity index (χ1n) is 16.7. The van der Waals surface area contributed by atoms with Gasteiger partial charge >= 0.3 is 0 Å². The van der Waals surface area contributed by atoms with Crippen LogP contribution in [-0.4, -0.2) is 28.3 Å². The summed E-state index contributed by atoms with van der Waals surface area (Å²) >= 11 is 0. The lowest BCUT2D eigenvalue weighted by molar-refractivity contribution is 0.269. The first kappa shape index (κ1) is 36.1. The van der Waals surface area contributed by atoms with Gasteiger partial charge < -0.3 is 18.7 Å². The van der Waals surface area contributed by atoms with E-state index in [9.17, 15) is 5.11 Å². The van der Waals surface area contributed by atoms with Gasteiger partial charge in [-0.25, -0.2) is 0 Å². The molecule has 0 aliphatic heterocycles. The van der Waals surface area contributed by atoms with Crippen molar-refractivity contribution in [1.82, 2.24) is 0 Å². The number of hydrogen-bond donors (Lipinski definition) is 1. The summed E-state index contributed by atoms with van der Waals surface area (Å²) in [5, 5.41) is 10.7. The Morgan fingerprint density at radius 2 is 0.979 bits per heavy atom. The van der Waals surface area contributed by atoms with Crippen LogP contribution in [0.1, 0.15) is 71.6 Å². The predicted molar refractivity (Wildman–Crippen MR) is 205 cm³/mol. The molecular weight excluding hydrogens is 613 g/mol. The molecule has 0 bridgehead atoms. The van der Waals surface area contributed by atoms with Gasteiger partial charge in [-0.15, -0.1) is 0 Å². The fourth-order valence-electron chi connectivity index (χ4n) is 4.87. The molecule has 0 saturated heterocycles. The molecule has 0 unspecified atom stereocenters. The number of aliphatic hydroxyl groups is 1. The Bertz CT molecular complexity index is 1630. The van der Waals surface area contributed by atoms with Crippen molar-refractivity contribution < 1.29 is 18.7 Å². The maximum absolute atomic E-state index is 10.4. The summed E-state index contributed by atoms with van der Waals surface area (Å²) < 4.78 is 19.2. The fourth-order valence-corrected chi connectivity index (χ4v) is 6.93. The molecule has 6 heteroatoms. The maximum Gasteiger partial charge on any atom is 0.250 e. The molecule has 47 heavy (non-hydrogen) atoms. The fraction of sp³-hybridized carbons (Fsp3) is 0.366. The molecule has 3 aromatic carbocycles. The van der Waals surface area contributed by atoms with E-state index in [0.717, 1.165) is 34.6 Å². The molecule has 0 atom stereocenters. The first-order valence-corrected chi connectivity index (χ1v) is 22.6. The van der Waals surface area contributed by atoms with E-state index >= 15 is 0 Å². The zero-order chi connectivity index (χ0) is 34.6. The van der Waals surface area contributed by atoms with Crippen LogP contribution in [0.5, 0.6) is 17.2 Å². The van der Waals surface area contributed by atoms with Crippen molar-refractivity contribution in [2.75, 3.05) is 6.61 Å².